The number of hydrogen-bond donors (Lipinski definition) is 1. The molecule has 1 amide bonds. The molecule has 2 unspecified atom stereocenters. The van der Waals surface area contributed by atoms with Crippen LogP contribution in [0.5, 0.6) is 5.75 Å². The molecular formula is C18H26N2O2. The molecule has 120 valence electrons. The van der Waals surface area contributed by atoms with Gasteiger partial charge in [0.25, 0.3) is 0 Å². The first-order valence-electron chi connectivity index (χ1n) is 8.31. The molecule has 3 aliphatic heterocycles. The zero-order chi connectivity index (χ0) is 15.5. The van der Waals surface area contributed by atoms with Crippen LogP contribution in [0.4, 0.5) is 0 Å². The SMILES string of the molecule is COc1cccc(C(C)C(=O)NCC2CN3CCC2CC3)c1. The molecule has 4 nitrogen and oxygen atoms in total. The third-order valence-electron chi connectivity index (χ3n) is 5.32. The van der Waals surface area contributed by atoms with E-state index in [4.69, 9.17) is 4.74 Å². The number of methoxy groups -OCH3 is 1. The zero-order valence-corrected chi connectivity index (χ0v) is 13.5. The third-order valence-corrected chi connectivity index (χ3v) is 5.32. The average molecular weight is 302 g/mol. The Morgan fingerprint density at radius 2 is 2.18 bits per heavy atom. The third kappa shape index (κ3) is 3.27. The summed E-state index contributed by atoms with van der Waals surface area (Å²) >= 11 is 0. The Hall–Kier alpha value is -1.55. The molecule has 0 radical (unpaired) electrons. The minimum atomic E-state index is -0.142. The molecule has 2 atom stereocenters. The number of benzene rings is 1. The van der Waals surface area contributed by atoms with E-state index in [0.717, 1.165) is 30.3 Å². The predicted octanol–water partition coefficient (Wildman–Crippen LogP) is 2.26. The second-order valence-corrected chi connectivity index (χ2v) is 6.64. The molecule has 1 aromatic rings. The fourth-order valence-electron chi connectivity index (χ4n) is 3.77. The lowest BCUT2D eigenvalue weighted by Crippen LogP contribution is -2.51. The first kappa shape index (κ1) is 15.3. The molecule has 3 fully saturated rings. The molecule has 4 rings (SSSR count). The molecule has 0 aliphatic carbocycles. The van der Waals surface area contributed by atoms with Gasteiger partial charge < -0.3 is 15.0 Å². The second-order valence-electron chi connectivity index (χ2n) is 6.64. The molecule has 4 heteroatoms. The average Bonchev–Trinajstić information content (AvgIpc) is 2.60. The summed E-state index contributed by atoms with van der Waals surface area (Å²) in [6.45, 7) is 6.41. The van der Waals surface area contributed by atoms with E-state index in [0.29, 0.717) is 5.92 Å². The molecular weight excluding hydrogens is 276 g/mol. The Kier molecular flexibility index (Phi) is 4.67. The molecule has 0 aromatic heterocycles. The Morgan fingerprint density at radius 3 is 2.82 bits per heavy atom. The van der Waals surface area contributed by atoms with Gasteiger partial charge in [-0.1, -0.05) is 12.1 Å². The quantitative estimate of drug-likeness (QED) is 0.907. The maximum absolute atomic E-state index is 12.4. The van der Waals surface area contributed by atoms with E-state index < -0.39 is 0 Å². The summed E-state index contributed by atoms with van der Waals surface area (Å²) in [6.07, 6.45) is 2.60. The van der Waals surface area contributed by atoms with Gasteiger partial charge >= 0.3 is 0 Å². The second kappa shape index (κ2) is 6.69. The fourth-order valence-corrected chi connectivity index (χ4v) is 3.77. The van der Waals surface area contributed by atoms with Crippen LogP contribution in [0.1, 0.15) is 31.2 Å². The molecule has 3 heterocycles. The molecule has 3 saturated heterocycles. The van der Waals surface area contributed by atoms with Crippen LogP contribution in [-0.4, -0.2) is 44.1 Å². The van der Waals surface area contributed by atoms with E-state index in [9.17, 15) is 4.79 Å². The Labute approximate surface area is 132 Å². The number of piperidine rings is 3. The van der Waals surface area contributed by atoms with E-state index in [1.807, 2.05) is 31.2 Å². The summed E-state index contributed by atoms with van der Waals surface area (Å²) < 4.78 is 5.24. The number of fused-ring (bicyclic) bond motifs is 3. The van der Waals surface area contributed by atoms with Crippen LogP contribution in [0, 0.1) is 11.8 Å². The molecule has 0 spiro atoms. The van der Waals surface area contributed by atoms with Gasteiger partial charge in [0, 0.05) is 13.1 Å². The summed E-state index contributed by atoms with van der Waals surface area (Å²) in [5.74, 6) is 2.21. The number of ether oxygens (including phenoxy) is 1. The van der Waals surface area contributed by atoms with Crippen molar-refractivity contribution in [2.75, 3.05) is 33.3 Å². The van der Waals surface area contributed by atoms with Crippen molar-refractivity contribution in [2.24, 2.45) is 11.8 Å². The maximum Gasteiger partial charge on any atom is 0.227 e. The fraction of sp³-hybridized carbons (Fsp3) is 0.611. The molecule has 1 N–H and O–H groups in total. The van der Waals surface area contributed by atoms with E-state index in [1.54, 1.807) is 7.11 Å². The van der Waals surface area contributed by atoms with E-state index in [-0.39, 0.29) is 11.8 Å². The highest BCUT2D eigenvalue weighted by molar-refractivity contribution is 5.83. The normalized spacial score (nSPS) is 28.2. The lowest BCUT2D eigenvalue weighted by atomic mass is 9.79. The molecule has 22 heavy (non-hydrogen) atoms. The molecule has 0 saturated carbocycles. The number of amides is 1. The smallest absolute Gasteiger partial charge is 0.227 e. The van der Waals surface area contributed by atoms with Crippen molar-refractivity contribution in [1.29, 1.82) is 0 Å². The first-order valence-corrected chi connectivity index (χ1v) is 8.31. The van der Waals surface area contributed by atoms with Crippen LogP contribution in [0.2, 0.25) is 0 Å². The van der Waals surface area contributed by atoms with Crippen LogP contribution in [0.3, 0.4) is 0 Å². The van der Waals surface area contributed by atoms with Crippen molar-refractivity contribution in [3.8, 4) is 5.75 Å². The van der Waals surface area contributed by atoms with Crippen molar-refractivity contribution < 1.29 is 9.53 Å². The minimum Gasteiger partial charge on any atom is -0.497 e. The van der Waals surface area contributed by atoms with Gasteiger partial charge in [-0.15, -0.1) is 0 Å². The number of hydrogen-bond acceptors (Lipinski definition) is 3. The molecule has 1 aromatic carbocycles. The van der Waals surface area contributed by atoms with Crippen molar-refractivity contribution >= 4 is 5.91 Å². The predicted molar refractivity (Wildman–Crippen MR) is 87.1 cm³/mol. The Balaban J connectivity index is 1.55. The van der Waals surface area contributed by atoms with Gasteiger partial charge in [0.1, 0.15) is 5.75 Å². The Bertz CT molecular complexity index is 524. The van der Waals surface area contributed by atoms with Gasteiger partial charge in [0.15, 0.2) is 0 Å². The lowest BCUT2D eigenvalue weighted by Gasteiger charge is -2.44. The van der Waals surface area contributed by atoms with Crippen LogP contribution in [-0.2, 0) is 4.79 Å². The van der Waals surface area contributed by atoms with Gasteiger partial charge in [0.2, 0.25) is 5.91 Å². The topological polar surface area (TPSA) is 41.6 Å². The summed E-state index contributed by atoms with van der Waals surface area (Å²) in [4.78, 5) is 15.0. The summed E-state index contributed by atoms with van der Waals surface area (Å²) in [5, 5.41) is 3.17. The van der Waals surface area contributed by atoms with Gasteiger partial charge in [0.05, 0.1) is 13.0 Å². The minimum absolute atomic E-state index is 0.115. The summed E-state index contributed by atoms with van der Waals surface area (Å²) in [7, 11) is 1.65. The van der Waals surface area contributed by atoms with Gasteiger partial charge in [-0.05, 0) is 62.4 Å². The number of nitrogens with zero attached hydrogens (tertiary/aromatic N) is 1. The van der Waals surface area contributed by atoms with Gasteiger partial charge in [-0.25, -0.2) is 0 Å². The van der Waals surface area contributed by atoms with Crippen LogP contribution in [0.15, 0.2) is 24.3 Å². The highest BCUT2D eigenvalue weighted by Crippen LogP contribution is 2.32. The Morgan fingerprint density at radius 1 is 1.41 bits per heavy atom. The monoisotopic (exact) mass is 302 g/mol. The number of carbonyl (C=O) groups excluding carboxylic acids is 1. The van der Waals surface area contributed by atoms with Crippen molar-refractivity contribution in [1.82, 2.24) is 10.2 Å². The van der Waals surface area contributed by atoms with E-state index in [2.05, 4.69) is 10.2 Å². The van der Waals surface area contributed by atoms with Crippen molar-refractivity contribution in [3.63, 3.8) is 0 Å². The van der Waals surface area contributed by atoms with Crippen LogP contribution >= 0.6 is 0 Å². The molecule has 3 aliphatic rings. The van der Waals surface area contributed by atoms with Gasteiger partial charge in [-0.2, -0.15) is 0 Å². The van der Waals surface area contributed by atoms with E-state index in [1.165, 1.54) is 25.9 Å². The van der Waals surface area contributed by atoms with Crippen LogP contribution < -0.4 is 10.1 Å². The zero-order valence-electron chi connectivity index (χ0n) is 13.5. The number of nitrogens with one attached hydrogen (secondary N) is 1. The van der Waals surface area contributed by atoms with Crippen molar-refractivity contribution in [2.45, 2.75) is 25.7 Å². The van der Waals surface area contributed by atoms with Crippen LogP contribution in [0.25, 0.3) is 0 Å². The summed E-state index contributed by atoms with van der Waals surface area (Å²) in [6, 6.07) is 7.77. The van der Waals surface area contributed by atoms with Gasteiger partial charge in [-0.3, -0.25) is 4.79 Å². The van der Waals surface area contributed by atoms with Crippen molar-refractivity contribution in [3.05, 3.63) is 29.8 Å². The standard InChI is InChI=1S/C18H26N2O2/c1-13(15-4-3-5-17(10-15)22-2)18(21)19-11-16-12-20-8-6-14(16)7-9-20/h3-5,10,13-14,16H,6-9,11-12H2,1-2H3,(H,19,21). The molecule has 2 bridgehead atoms. The maximum atomic E-state index is 12.4. The highest BCUT2D eigenvalue weighted by Gasteiger charge is 2.34. The number of carbonyl (C=O) groups is 1. The largest absolute Gasteiger partial charge is 0.497 e. The highest BCUT2D eigenvalue weighted by atomic mass is 16.5. The summed E-state index contributed by atoms with van der Waals surface area (Å²) in [5.41, 5.74) is 1.01. The van der Waals surface area contributed by atoms with E-state index >= 15 is 0 Å². The lowest BCUT2D eigenvalue weighted by molar-refractivity contribution is -0.122. The first-order chi connectivity index (χ1) is 10.7. The number of rotatable bonds is 5.